The van der Waals surface area contributed by atoms with Crippen molar-refractivity contribution < 1.29 is 23.5 Å². The molecule has 28 heavy (non-hydrogen) atoms. The molecule has 2 aromatic rings. The number of aryl methyl sites for hydroxylation is 1. The maximum Gasteiger partial charge on any atom is 0.262 e. The van der Waals surface area contributed by atoms with Crippen LogP contribution in [0, 0.1) is 12.7 Å². The first-order valence-corrected chi connectivity index (χ1v) is 9.12. The van der Waals surface area contributed by atoms with Crippen molar-refractivity contribution >= 4 is 17.7 Å². The van der Waals surface area contributed by atoms with Crippen LogP contribution in [0.5, 0.6) is 5.75 Å². The maximum absolute atomic E-state index is 13.7. The van der Waals surface area contributed by atoms with Gasteiger partial charge in [-0.1, -0.05) is 11.6 Å². The number of fused-ring (bicyclic) bond motifs is 2. The largest absolute Gasteiger partial charge is 0.493 e. The molecule has 2 aliphatic rings. The summed E-state index contributed by atoms with van der Waals surface area (Å²) < 4.78 is 19.3. The zero-order valence-corrected chi connectivity index (χ0v) is 15.3. The smallest absolute Gasteiger partial charge is 0.262 e. The molecule has 0 aliphatic carbocycles. The van der Waals surface area contributed by atoms with Gasteiger partial charge in [0.1, 0.15) is 18.1 Å². The van der Waals surface area contributed by atoms with E-state index in [4.69, 9.17) is 4.74 Å². The van der Waals surface area contributed by atoms with Gasteiger partial charge in [-0.25, -0.2) is 4.39 Å². The van der Waals surface area contributed by atoms with Crippen molar-refractivity contribution in [3.63, 3.8) is 0 Å². The van der Waals surface area contributed by atoms with Crippen LogP contribution in [-0.4, -0.2) is 35.8 Å². The first-order valence-electron chi connectivity index (χ1n) is 9.12. The Morgan fingerprint density at radius 1 is 1.18 bits per heavy atom. The van der Waals surface area contributed by atoms with Gasteiger partial charge < -0.3 is 10.1 Å². The number of nitrogens with one attached hydrogen (secondary N) is 1. The maximum atomic E-state index is 13.7. The molecule has 144 valence electrons. The molecule has 0 unspecified atom stereocenters. The number of carbonyl (C=O) groups excluding carboxylic acids is 3. The van der Waals surface area contributed by atoms with E-state index in [0.29, 0.717) is 41.9 Å². The van der Waals surface area contributed by atoms with Gasteiger partial charge in [-0.05, 0) is 50.1 Å². The molecule has 4 rings (SSSR count). The summed E-state index contributed by atoms with van der Waals surface area (Å²) >= 11 is 0. The second-order valence-corrected chi connectivity index (χ2v) is 7.04. The Hall–Kier alpha value is -3.22. The van der Waals surface area contributed by atoms with E-state index in [1.165, 1.54) is 12.1 Å². The molecule has 6 nitrogen and oxygen atoms in total. The number of imide groups is 1. The minimum atomic E-state index is -0.481. The fourth-order valence-electron chi connectivity index (χ4n) is 3.63. The first kappa shape index (κ1) is 18.2. The summed E-state index contributed by atoms with van der Waals surface area (Å²) in [7, 11) is 0. The second kappa shape index (κ2) is 7.07. The molecule has 2 aliphatic heterocycles. The van der Waals surface area contributed by atoms with Gasteiger partial charge in [0.25, 0.3) is 11.8 Å². The standard InChI is InChI=1S/C21H19FN2O4/c1-12-4-6-14-15(9-12)21(27)24(20(14)26)11-19(25)23-17-3-2-8-28-18-7-5-13(22)10-16(17)18/h4-7,9-10,17H,2-3,8,11H2,1H3,(H,23,25)/t17-/m1/s1. The number of rotatable bonds is 3. The highest BCUT2D eigenvalue weighted by molar-refractivity contribution is 6.22. The van der Waals surface area contributed by atoms with Crippen LogP contribution in [0.25, 0.3) is 0 Å². The highest BCUT2D eigenvalue weighted by atomic mass is 19.1. The number of benzene rings is 2. The molecule has 7 heteroatoms. The predicted octanol–water partition coefficient (Wildman–Crippen LogP) is 2.76. The van der Waals surface area contributed by atoms with Crippen molar-refractivity contribution in [3.05, 3.63) is 64.5 Å². The van der Waals surface area contributed by atoms with Gasteiger partial charge in [0.15, 0.2) is 0 Å². The van der Waals surface area contributed by atoms with Crippen LogP contribution in [0.15, 0.2) is 36.4 Å². The average Bonchev–Trinajstić information content (AvgIpc) is 2.81. The van der Waals surface area contributed by atoms with Crippen molar-refractivity contribution in [1.29, 1.82) is 0 Å². The van der Waals surface area contributed by atoms with Crippen molar-refractivity contribution in [3.8, 4) is 5.75 Å². The summed E-state index contributed by atoms with van der Waals surface area (Å²) in [5.41, 5.74) is 2.04. The zero-order valence-electron chi connectivity index (χ0n) is 15.3. The molecular weight excluding hydrogens is 363 g/mol. The van der Waals surface area contributed by atoms with Crippen LogP contribution < -0.4 is 10.1 Å². The van der Waals surface area contributed by atoms with Gasteiger partial charge in [0.2, 0.25) is 5.91 Å². The fraction of sp³-hybridized carbons (Fsp3) is 0.286. The number of hydrogen-bond acceptors (Lipinski definition) is 4. The molecule has 1 atom stereocenters. The van der Waals surface area contributed by atoms with E-state index in [-0.39, 0.29) is 6.54 Å². The summed E-state index contributed by atoms with van der Waals surface area (Å²) in [6, 6.07) is 8.75. The average molecular weight is 382 g/mol. The van der Waals surface area contributed by atoms with Crippen LogP contribution in [0.1, 0.15) is 50.7 Å². The zero-order chi connectivity index (χ0) is 19.8. The van der Waals surface area contributed by atoms with E-state index < -0.39 is 29.6 Å². The highest BCUT2D eigenvalue weighted by Crippen LogP contribution is 2.32. The van der Waals surface area contributed by atoms with E-state index in [1.54, 1.807) is 24.3 Å². The molecule has 3 amide bonds. The Labute approximate surface area is 161 Å². The van der Waals surface area contributed by atoms with E-state index in [9.17, 15) is 18.8 Å². The minimum Gasteiger partial charge on any atom is -0.493 e. The predicted molar refractivity (Wildman–Crippen MR) is 98.6 cm³/mol. The molecule has 0 radical (unpaired) electrons. The third kappa shape index (κ3) is 3.24. The van der Waals surface area contributed by atoms with Crippen LogP contribution >= 0.6 is 0 Å². The lowest BCUT2D eigenvalue weighted by Crippen LogP contribution is -2.41. The van der Waals surface area contributed by atoms with Gasteiger partial charge in [0, 0.05) is 5.56 Å². The Morgan fingerprint density at radius 3 is 2.79 bits per heavy atom. The molecular formula is C21H19FN2O4. The molecule has 0 spiro atoms. The summed E-state index contributed by atoms with van der Waals surface area (Å²) in [5, 5.41) is 2.82. The van der Waals surface area contributed by atoms with Crippen molar-refractivity contribution in [2.75, 3.05) is 13.2 Å². The molecule has 0 saturated carbocycles. The van der Waals surface area contributed by atoms with Crippen molar-refractivity contribution in [2.24, 2.45) is 0 Å². The monoisotopic (exact) mass is 382 g/mol. The Balaban J connectivity index is 1.51. The van der Waals surface area contributed by atoms with Gasteiger partial charge >= 0.3 is 0 Å². The van der Waals surface area contributed by atoms with Crippen LogP contribution in [0.2, 0.25) is 0 Å². The number of carbonyl (C=O) groups is 3. The molecule has 2 heterocycles. The Bertz CT molecular complexity index is 988. The number of nitrogens with zero attached hydrogens (tertiary/aromatic N) is 1. The fourth-order valence-corrected chi connectivity index (χ4v) is 3.63. The third-order valence-electron chi connectivity index (χ3n) is 5.01. The number of hydrogen-bond donors (Lipinski definition) is 1. The quantitative estimate of drug-likeness (QED) is 0.829. The van der Waals surface area contributed by atoms with Gasteiger partial charge in [-0.15, -0.1) is 0 Å². The molecule has 0 saturated heterocycles. The number of amides is 3. The van der Waals surface area contributed by atoms with E-state index in [1.807, 2.05) is 6.92 Å². The lowest BCUT2D eigenvalue weighted by molar-refractivity contribution is -0.122. The van der Waals surface area contributed by atoms with Gasteiger partial charge in [-0.3, -0.25) is 19.3 Å². The number of halogens is 1. The van der Waals surface area contributed by atoms with Gasteiger partial charge in [-0.2, -0.15) is 0 Å². The third-order valence-corrected chi connectivity index (χ3v) is 5.01. The summed E-state index contributed by atoms with van der Waals surface area (Å²) in [6.07, 6.45) is 1.26. The Morgan fingerprint density at radius 2 is 1.96 bits per heavy atom. The molecule has 0 fully saturated rings. The highest BCUT2D eigenvalue weighted by Gasteiger charge is 2.37. The Kier molecular flexibility index (Phi) is 4.58. The molecule has 1 N–H and O–H groups in total. The molecule has 0 aromatic heterocycles. The lowest BCUT2D eigenvalue weighted by Gasteiger charge is -2.20. The van der Waals surface area contributed by atoms with Crippen molar-refractivity contribution in [2.45, 2.75) is 25.8 Å². The second-order valence-electron chi connectivity index (χ2n) is 7.04. The summed E-state index contributed by atoms with van der Waals surface area (Å²) in [6.45, 7) is 1.92. The minimum absolute atomic E-state index is 0.304. The van der Waals surface area contributed by atoms with Crippen LogP contribution in [0.4, 0.5) is 4.39 Å². The van der Waals surface area contributed by atoms with Crippen LogP contribution in [0.3, 0.4) is 0 Å². The van der Waals surface area contributed by atoms with E-state index >= 15 is 0 Å². The number of ether oxygens (including phenoxy) is 1. The topological polar surface area (TPSA) is 75.7 Å². The first-order chi connectivity index (χ1) is 13.4. The molecule has 0 bridgehead atoms. The van der Waals surface area contributed by atoms with Crippen molar-refractivity contribution in [1.82, 2.24) is 10.2 Å². The van der Waals surface area contributed by atoms with Gasteiger partial charge in [0.05, 0.1) is 23.8 Å². The van der Waals surface area contributed by atoms with E-state index in [2.05, 4.69) is 5.32 Å². The summed E-state index contributed by atoms with van der Waals surface area (Å²) in [5.74, 6) is -1.33. The normalized spacial score (nSPS) is 18.2. The lowest BCUT2D eigenvalue weighted by atomic mass is 10.0. The van der Waals surface area contributed by atoms with E-state index in [0.717, 1.165) is 10.5 Å². The van der Waals surface area contributed by atoms with Crippen LogP contribution in [-0.2, 0) is 4.79 Å². The molecule has 2 aromatic carbocycles. The SMILES string of the molecule is Cc1ccc2c(c1)C(=O)N(CC(=O)N[C@@H]1CCCOc3ccc(F)cc31)C2=O. The summed E-state index contributed by atoms with van der Waals surface area (Å²) in [4.78, 5) is 38.6.